The van der Waals surface area contributed by atoms with Gasteiger partial charge < -0.3 is 16.0 Å². The van der Waals surface area contributed by atoms with Gasteiger partial charge in [0.25, 0.3) is 0 Å². The van der Waals surface area contributed by atoms with Gasteiger partial charge >= 0.3 is 0 Å². The van der Waals surface area contributed by atoms with Crippen molar-refractivity contribution < 1.29 is 0 Å². The molecule has 0 saturated heterocycles. The summed E-state index contributed by atoms with van der Waals surface area (Å²) < 4.78 is 0. The summed E-state index contributed by atoms with van der Waals surface area (Å²) in [4.78, 5) is 19.0. The summed E-state index contributed by atoms with van der Waals surface area (Å²) >= 11 is 0. The summed E-state index contributed by atoms with van der Waals surface area (Å²) in [6, 6.07) is 12.9. The van der Waals surface area contributed by atoms with Gasteiger partial charge in [0.2, 0.25) is 17.8 Å². The molecule has 0 fully saturated rings. The van der Waals surface area contributed by atoms with Gasteiger partial charge in [-0.3, -0.25) is 4.98 Å². The molecule has 0 aliphatic carbocycles. The molecule has 0 aliphatic heterocycles. The zero-order valence-electron chi connectivity index (χ0n) is 14.7. The minimum Gasteiger partial charge on any atom is -0.368 e. The van der Waals surface area contributed by atoms with E-state index in [2.05, 4.69) is 31.3 Å². The Kier molecular flexibility index (Phi) is 4.62. The highest BCUT2D eigenvalue weighted by molar-refractivity contribution is 5.62. The summed E-state index contributed by atoms with van der Waals surface area (Å²) in [5.74, 6) is 0.833. The minimum atomic E-state index is 0.107. The molecule has 8 heteroatoms. The van der Waals surface area contributed by atoms with Crippen molar-refractivity contribution in [3.05, 3.63) is 53.3 Å². The molecule has 26 heavy (non-hydrogen) atoms. The van der Waals surface area contributed by atoms with E-state index in [1.54, 1.807) is 24.3 Å². The predicted octanol–water partition coefficient (Wildman–Crippen LogP) is 2.85. The highest BCUT2D eigenvalue weighted by Crippen LogP contribution is 2.25. The second-order valence-electron chi connectivity index (χ2n) is 5.75. The van der Waals surface area contributed by atoms with Gasteiger partial charge in [-0.25, -0.2) is 0 Å². The van der Waals surface area contributed by atoms with Crippen LogP contribution in [-0.4, -0.2) is 27.0 Å². The Labute approximate surface area is 151 Å². The molecular formula is C18H18N8. The number of nitrogens with zero attached hydrogens (tertiary/aromatic N) is 6. The number of anilines is 5. The zero-order valence-corrected chi connectivity index (χ0v) is 14.7. The highest BCUT2D eigenvalue weighted by Gasteiger charge is 2.13. The smallest absolute Gasteiger partial charge is 0.236 e. The number of nitrogens with two attached hydrogens (primary N) is 1. The molecule has 0 saturated carbocycles. The number of nitrogens with one attached hydrogen (secondary N) is 1. The first-order valence-corrected chi connectivity index (χ1v) is 7.93. The van der Waals surface area contributed by atoms with Gasteiger partial charge in [-0.1, -0.05) is 0 Å². The number of benzene rings is 1. The summed E-state index contributed by atoms with van der Waals surface area (Å²) in [7, 11) is 1.85. The standard InChI is InChI=1S/C18H18N8/c1-11-4-9-15(12(2)21-11)26(3)18-24-16(20)23-17(25-18)22-14-7-5-13(10-19)6-8-14/h4-9H,1-3H3,(H3,20,22,23,24,25). The Bertz CT molecular complexity index is 975. The Hall–Kier alpha value is -3.73. The molecule has 0 atom stereocenters. The normalized spacial score (nSPS) is 10.2. The SMILES string of the molecule is Cc1ccc(N(C)c2nc(N)nc(Nc3ccc(C#N)cc3)n2)c(C)n1. The van der Waals surface area contributed by atoms with Gasteiger partial charge in [-0.05, 0) is 50.2 Å². The van der Waals surface area contributed by atoms with E-state index in [9.17, 15) is 0 Å². The number of rotatable bonds is 4. The third kappa shape index (κ3) is 3.67. The lowest BCUT2D eigenvalue weighted by Crippen LogP contribution is -2.17. The Morgan fingerprint density at radius 1 is 1.00 bits per heavy atom. The van der Waals surface area contributed by atoms with E-state index < -0.39 is 0 Å². The first-order chi connectivity index (χ1) is 12.5. The summed E-state index contributed by atoms with van der Waals surface area (Å²) in [6.45, 7) is 3.87. The fourth-order valence-electron chi connectivity index (χ4n) is 2.49. The van der Waals surface area contributed by atoms with Crippen LogP contribution in [-0.2, 0) is 0 Å². The average Bonchev–Trinajstić information content (AvgIpc) is 2.61. The van der Waals surface area contributed by atoms with E-state index in [0.29, 0.717) is 17.5 Å². The molecular weight excluding hydrogens is 328 g/mol. The maximum Gasteiger partial charge on any atom is 0.236 e. The Balaban J connectivity index is 1.90. The van der Waals surface area contributed by atoms with Crippen molar-refractivity contribution in [2.24, 2.45) is 0 Å². The van der Waals surface area contributed by atoms with Crippen LogP contribution in [0.1, 0.15) is 17.0 Å². The van der Waals surface area contributed by atoms with E-state index in [4.69, 9.17) is 11.0 Å². The molecule has 0 unspecified atom stereocenters. The van der Waals surface area contributed by atoms with Crippen LogP contribution in [0.5, 0.6) is 0 Å². The molecule has 2 heterocycles. The van der Waals surface area contributed by atoms with Gasteiger partial charge in [0.05, 0.1) is 23.0 Å². The number of aromatic nitrogens is 4. The van der Waals surface area contributed by atoms with Crippen molar-refractivity contribution in [1.82, 2.24) is 19.9 Å². The summed E-state index contributed by atoms with van der Waals surface area (Å²) in [5, 5.41) is 11.9. The molecule has 3 aromatic rings. The van der Waals surface area contributed by atoms with E-state index in [0.717, 1.165) is 22.8 Å². The predicted molar refractivity (Wildman–Crippen MR) is 100 cm³/mol. The number of pyridine rings is 1. The van der Waals surface area contributed by atoms with Crippen molar-refractivity contribution in [2.45, 2.75) is 13.8 Å². The number of hydrogen-bond acceptors (Lipinski definition) is 8. The van der Waals surface area contributed by atoms with Crippen molar-refractivity contribution in [1.29, 1.82) is 5.26 Å². The lowest BCUT2D eigenvalue weighted by molar-refractivity contribution is 0.983. The van der Waals surface area contributed by atoms with Gasteiger partial charge in [0.1, 0.15) is 0 Å². The molecule has 1 aromatic carbocycles. The fourth-order valence-corrected chi connectivity index (χ4v) is 2.49. The van der Waals surface area contributed by atoms with Gasteiger partial charge in [0, 0.05) is 18.4 Å². The quantitative estimate of drug-likeness (QED) is 0.740. The van der Waals surface area contributed by atoms with Gasteiger partial charge in [-0.2, -0.15) is 20.2 Å². The van der Waals surface area contributed by atoms with Crippen molar-refractivity contribution in [2.75, 3.05) is 23.0 Å². The number of aryl methyl sites for hydroxylation is 2. The molecule has 3 rings (SSSR count). The van der Waals surface area contributed by atoms with E-state index in [-0.39, 0.29) is 5.95 Å². The lowest BCUT2D eigenvalue weighted by Gasteiger charge is -2.19. The monoisotopic (exact) mass is 346 g/mol. The van der Waals surface area contributed by atoms with E-state index in [1.807, 2.05) is 37.9 Å². The molecule has 130 valence electrons. The van der Waals surface area contributed by atoms with Crippen LogP contribution >= 0.6 is 0 Å². The molecule has 0 radical (unpaired) electrons. The van der Waals surface area contributed by atoms with Crippen LogP contribution in [0.15, 0.2) is 36.4 Å². The van der Waals surface area contributed by atoms with Gasteiger partial charge in [0.15, 0.2) is 0 Å². The minimum absolute atomic E-state index is 0.107. The van der Waals surface area contributed by atoms with Crippen molar-refractivity contribution in [3.63, 3.8) is 0 Å². The molecule has 0 amide bonds. The summed E-state index contributed by atoms with van der Waals surface area (Å²) in [5.41, 5.74) is 9.86. The fraction of sp³-hybridized carbons (Fsp3) is 0.167. The number of nitriles is 1. The molecule has 3 N–H and O–H groups in total. The van der Waals surface area contributed by atoms with Crippen molar-refractivity contribution >= 4 is 29.2 Å². The van der Waals surface area contributed by atoms with Crippen LogP contribution in [0.25, 0.3) is 0 Å². The summed E-state index contributed by atoms with van der Waals surface area (Å²) in [6.07, 6.45) is 0. The van der Waals surface area contributed by atoms with Crippen LogP contribution in [0, 0.1) is 25.2 Å². The molecule has 0 spiro atoms. The highest BCUT2D eigenvalue weighted by atomic mass is 15.3. The topological polar surface area (TPSA) is 117 Å². The Morgan fingerprint density at radius 2 is 1.73 bits per heavy atom. The van der Waals surface area contributed by atoms with Crippen LogP contribution < -0.4 is 16.0 Å². The molecule has 8 nitrogen and oxygen atoms in total. The van der Waals surface area contributed by atoms with Crippen LogP contribution in [0.2, 0.25) is 0 Å². The molecule has 2 aromatic heterocycles. The van der Waals surface area contributed by atoms with Crippen LogP contribution in [0.4, 0.5) is 29.2 Å². The first kappa shape index (κ1) is 17.1. The first-order valence-electron chi connectivity index (χ1n) is 7.93. The Morgan fingerprint density at radius 3 is 2.38 bits per heavy atom. The average molecular weight is 346 g/mol. The molecule has 0 aliphatic rings. The maximum atomic E-state index is 8.87. The second-order valence-corrected chi connectivity index (χ2v) is 5.75. The maximum absolute atomic E-state index is 8.87. The van der Waals surface area contributed by atoms with Crippen LogP contribution in [0.3, 0.4) is 0 Å². The van der Waals surface area contributed by atoms with Gasteiger partial charge in [-0.15, -0.1) is 0 Å². The largest absolute Gasteiger partial charge is 0.368 e. The van der Waals surface area contributed by atoms with E-state index in [1.165, 1.54) is 0 Å². The third-order valence-corrected chi connectivity index (χ3v) is 3.77. The third-order valence-electron chi connectivity index (χ3n) is 3.77. The van der Waals surface area contributed by atoms with Crippen molar-refractivity contribution in [3.8, 4) is 6.07 Å². The number of hydrogen-bond donors (Lipinski definition) is 2. The van der Waals surface area contributed by atoms with E-state index >= 15 is 0 Å². The zero-order chi connectivity index (χ0) is 18.7. The second kappa shape index (κ2) is 7.03. The lowest BCUT2D eigenvalue weighted by atomic mass is 10.2. The molecule has 0 bridgehead atoms. The number of nitrogen functional groups attached to an aromatic ring is 1.